The lowest BCUT2D eigenvalue weighted by atomic mass is 9.81. The van der Waals surface area contributed by atoms with Gasteiger partial charge < -0.3 is 4.90 Å². The molecule has 1 aromatic heterocycles. The Balaban J connectivity index is 1.25. The van der Waals surface area contributed by atoms with Crippen LogP contribution in [-0.2, 0) is 5.41 Å². The topological polar surface area (TPSA) is 29.0 Å². The van der Waals surface area contributed by atoms with Gasteiger partial charge in [-0.05, 0) is 52.1 Å². The lowest BCUT2D eigenvalue weighted by Crippen LogP contribution is -2.29. The highest BCUT2D eigenvalue weighted by Crippen LogP contribution is 2.56. The van der Waals surface area contributed by atoms with E-state index >= 15 is 0 Å². The highest BCUT2D eigenvalue weighted by Gasteiger charge is 2.43. The second-order valence-electron chi connectivity index (χ2n) is 13.0. The fraction of sp³-hybridized carbons (Fsp3) is 0.116. The van der Waals surface area contributed by atoms with Crippen LogP contribution in [0.5, 0.6) is 0 Å². The first-order valence-corrected chi connectivity index (χ1v) is 16.1. The molecule has 46 heavy (non-hydrogen) atoms. The molecule has 0 bridgehead atoms. The Morgan fingerprint density at radius 3 is 2.00 bits per heavy atom. The van der Waals surface area contributed by atoms with Gasteiger partial charge in [0.15, 0.2) is 5.82 Å². The lowest BCUT2D eigenvalue weighted by molar-refractivity contribution is 0.660. The Hall–Kier alpha value is -5.54. The highest BCUT2D eigenvalue weighted by atomic mass is 15.2. The van der Waals surface area contributed by atoms with Crippen molar-refractivity contribution in [3.8, 4) is 45.0 Å². The smallest absolute Gasteiger partial charge is 0.160 e. The molecule has 3 heteroatoms. The van der Waals surface area contributed by atoms with Crippen LogP contribution in [0.25, 0.3) is 45.0 Å². The second-order valence-corrected chi connectivity index (χ2v) is 13.0. The third-order valence-electron chi connectivity index (χ3n) is 10.0. The molecule has 5 aromatic carbocycles. The average Bonchev–Trinajstić information content (AvgIpc) is 3.56. The van der Waals surface area contributed by atoms with E-state index in [1.54, 1.807) is 0 Å². The van der Waals surface area contributed by atoms with Gasteiger partial charge >= 0.3 is 0 Å². The number of hydrogen-bond donors (Lipinski definition) is 0. The van der Waals surface area contributed by atoms with Crippen LogP contribution in [0.15, 0.2) is 152 Å². The number of anilines is 2. The Morgan fingerprint density at radius 2 is 1.20 bits per heavy atom. The first kappa shape index (κ1) is 26.8. The molecule has 2 aliphatic carbocycles. The maximum Gasteiger partial charge on any atom is 0.160 e. The minimum atomic E-state index is -0.0760. The predicted octanol–water partition coefficient (Wildman–Crippen LogP) is 10.5. The molecule has 0 fully saturated rings. The van der Waals surface area contributed by atoms with Crippen molar-refractivity contribution in [2.75, 3.05) is 4.90 Å². The zero-order valence-electron chi connectivity index (χ0n) is 25.9. The van der Waals surface area contributed by atoms with E-state index in [1.165, 1.54) is 33.5 Å². The summed E-state index contributed by atoms with van der Waals surface area (Å²) < 4.78 is 0. The third-order valence-corrected chi connectivity index (χ3v) is 10.0. The van der Waals surface area contributed by atoms with Gasteiger partial charge in [-0.25, -0.2) is 9.97 Å². The van der Waals surface area contributed by atoms with Gasteiger partial charge in [0.2, 0.25) is 0 Å². The van der Waals surface area contributed by atoms with Crippen LogP contribution >= 0.6 is 0 Å². The zero-order chi connectivity index (χ0) is 30.8. The number of allylic oxidation sites excluding steroid dienone is 2. The minimum Gasteiger partial charge on any atom is -0.333 e. The number of rotatable bonds is 4. The van der Waals surface area contributed by atoms with Crippen molar-refractivity contribution in [1.82, 2.24) is 9.97 Å². The molecule has 0 saturated carbocycles. The monoisotopic (exact) mass is 591 g/mol. The fourth-order valence-corrected chi connectivity index (χ4v) is 7.77. The van der Waals surface area contributed by atoms with Gasteiger partial charge in [0.05, 0.1) is 23.1 Å². The van der Waals surface area contributed by atoms with E-state index in [1.807, 2.05) is 24.3 Å². The van der Waals surface area contributed by atoms with Crippen molar-refractivity contribution in [2.45, 2.75) is 31.2 Å². The summed E-state index contributed by atoms with van der Waals surface area (Å²) in [4.78, 5) is 12.8. The number of fused-ring (bicyclic) bond motifs is 6. The molecule has 3 nitrogen and oxygen atoms in total. The molecule has 0 spiro atoms. The zero-order valence-corrected chi connectivity index (χ0v) is 25.9. The molecule has 2 unspecified atom stereocenters. The summed E-state index contributed by atoms with van der Waals surface area (Å²) in [5, 5.41) is 0. The van der Waals surface area contributed by atoms with Crippen LogP contribution in [0.4, 0.5) is 11.4 Å². The molecule has 3 aliphatic rings. The quantitative estimate of drug-likeness (QED) is 0.204. The van der Waals surface area contributed by atoms with Crippen molar-refractivity contribution < 1.29 is 0 Å². The summed E-state index contributed by atoms with van der Waals surface area (Å²) in [5.41, 5.74) is 14.3. The van der Waals surface area contributed by atoms with E-state index in [4.69, 9.17) is 9.97 Å². The second kappa shape index (κ2) is 10.3. The van der Waals surface area contributed by atoms with E-state index in [0.29, 0.717) is 0 Å². The molecular formula is C43H33N3. The van der Waals surface area contributed by atoms with Crippen molar-refractivity contribution in [2.24, 2.45) is 0 Å². The van der Waals surface area contributed by atoms with E-state index in [2.05, 4.69) is 146 Å². The lowest BCUT2D eigenvalue weighted by Gasteiger charge is -2.31. The number of aromatic nitrogens is 2. The Kier molecular flexibility index (Phi) is 5.98. The van der Waals surface area contributed by atoms with Crippen molar-refractivity contribution in [3.63, 3.8) is 0 Å². The molecule has 0 radical (unpaired) electrons. The maximum atomic E-state index is 5.23. The standard InChI is InChI=1S/C43H33N3/c1-43(2)35-22-12-9-19-30(35)33-25-34-31-20-10-13-23-39(31)46(41(34)26-36(33)43)40-24-14-11-21-32(40)38-27-37(28-15-5-3-6-16-28)44-42(45-38)29-17-7-4-8-18-29/h3-27,31,39H,1-2H3. The van der Waals surface area contributed by atoms with Gasteiger partial charge in [-0.15, -0.1) is 0 Å². The normalized spacial score (nSPS) is 18.2. The fourth-order valence-electron chi connectivity index (χ4n) is 7.77. The van der Waals surface area contributed by atoms with Crippen LogP contribution in [0.2, 0.25) is 0 Å². The van der Waals surface area contributed by atoms with Crippen LogP contribution in [0, 0.1) is 0 Å². The van der Waals surface area contributed by atoms with Gasteiger partial charge in [-0.3, -0.25) is 0 Å². The highest BCUT2D eigenvalue weighted by molar-refractivity contribution is 5.91. The molecule has 0 N–H and O–H groups in total. The number of benzene rings is 5. The predicted molar refractivity (Wildman–Crippen MR) is 189 cm³/mol. The molecule has 6 aromatic rings. The van der Waals surface area contributed by atoms with Crippen molar-refractivity contribution in [3.05, 3.63) is 168 Å². The van der Waals surface area contributed by atoms with Crippen LogP contribution in [0.3, 0.4) is 0 Å². The SMILES string of the molecule is CC1(C)c2ccccc2-c2cc3c(cc21)N(c1ccccc1-c1cc(-c2ccccc2)nc(-c2ccccc2)n1)C1C=CC=CC31. The van der Waals surface area contributed by atoms with E-state index in [9.17, 15) is 0 Å². The molecule has 9 rings (SSSR count). The summed E-state index contributed by atoms with van der Waals surface area (Å²) >= 11 is 0. The van der Waals surface area contributed by atoms with Crippen molar-refractivity contribution >= 4 is 11.4 Å². The summed E-state index contributed by atoms with van der Waals surface area (Å²) in [7, 11) is 0. The van der Waals surface area contributed by atoms with Crippen molar-refractivity contribution in [1.29, 1.82) is 0 Å². The number of hydrogen-bond acceptors (Lipinski definition) is 3. The Morgan fingerprint density at radius 1 is 0.543 bits per heavy atom. The average molecular weight is 592 g/mol. The summed E-state index contributed by atoms with van der Waals surface area (Å²) in [6.07, 6.45) is 9.13. The molecular weight excluding hydrogens is 558 g/mol. The molecule has 0 saturated heterocycles. The molecule has 2 atom stereocenters. The summed E-state index contributed by atoms with van der Waals surface area (Å²) in [5.74, 6) is 0.990. The van der Waals surface area contributed by atoms with Gasteiger partial charge in [-0.2, -0.15) is 0 Å². The van der Waals surface area contributed by atoms with Crippen LogP contribution < -0.4 is 4.90 Å². The molecule has 0 amide bonds. The summed E-state index contributed by atoms with van der Waals surface area (Å²) in [6.45, 7) is 4.72. The largest absolute Gasteiger partial charge is 0.333 e. The van der Waals surface area contributed by atoms with E-state index in [-0.39, 0.29) is 17.4 Å². The van der Waals surface area contributed by atoms with Gasteiger partial charge in [0.1, 0.15) is 0 Å². The third kappa shape index (κ3) is 4.05. The Bertz CT molecular complexity index is 2140. The Labute approximate surface area is 270 Å². The first-order chi connectivity index (χ1) is 22.6. The van der Waals surface area contributed by atoms with Gasteiger partial charge in [0.25, 0.3) is 0 Å². The van der Waals surface area contributed by atoms with Crippen LogP contribution in [0.1, 0.15) is 36.5 Å². The van der Waals surface area contributed by atoms with E-state index in [0.717, 1.165) is 39.6 Å². The van der Waals surface area contributed by atoms with Crippen LogP contribution in [-0.4, -0.2) is 16.0 Å². The van der Waals surface area contributed by atoms with Gasteiger partial charge in [0, 0.05) is 33.7 Å². The minimum absolute atomic E-state index is 0.0760. The van der Waals surface area contributed by atoms with Gasteiger partial charge in [-0.1, -0.05) is 141 Å². The molecule has 220 valence electrons. The summed E-state index contributed by atoms with van der Waals surface area (Å²) in [6, 6.07) is 45.6. The van der Waals surface area contributed by atoms with E-state index < -0.39 is 0 Å². The molecule has 2 heterocycles. The maximum absolute atomic E-state index is 5.23. The number of nitrogens with zero attached hydrogens (tertiary/aromatic N) is 3. The molecule has 1 aliphatic heterocycles. The first-order valence-electron chi connectivity index (χ1n) is 16.1. The number of para-hydroxylation sites is 1.